The molecule has 0 heterocycles. The van der Waals surface area contributed by atoms with Crippen molar-refractivity contribution in [1.29, 1.82) is 0 Å². The number of rotatable bonds is 23. The van der Waals surface area contributed by atoms with E-state index in [4.69, 9.17) is 9.66 Å². The molecule has 0 aromatic rings. The zero-order chi connectivity index (χ0) is 24.1. The lowest BCUT2D eigenvalue weighted by atomic mass is 9.88. The molecule has 0 spiro atoms. The van der Waals surface area contributed by atoms with E-state index in [9.17, 15) is 18.3 Å². The summed E-state index contributed by atoms with van der Waals surface area (Å²) in [6.45, 7) is 1.87. The molecule has 8 heteroatoms. The Morgan fingerprint density at radius 3 is 1.81 bits per heavy atom. The molecule has 1 atom stereocenters. The smallest absolute Gasteiger partial charge is 0.397 e. The molecule has 7 nitrogen and oxygen atoms in total. The second-order valence-corrected chi connectivity index (χ2v) is 9.90. The first-order valence-corrected chi connectivity index (χ1v) is 13.8. The van der Waals surface area contributed by atoms with Crippen molar-refractivity contribution in [2.45, 2.75) is 128 Å². The van der Waals surface area contributed by atoms with Gasteiger partial charge in [0.1, 0.15) is 0 Å². The van der Waals surface area contributed by atoms with Crippen molar-refractivity contribution in [3.8, 4) is 0 Å². The summed E-state index contributed by atoms with van der Waals surface area (Å²) in [6, 6.07) is 0. The molecule has 0 rings (SSSR count). The third-order valence-electron chi connectivity index (χ3n) is 5.76. The highest BCUT2D eigenvalue weighted by Gasteiger charge is 2.27. The maximum absolute atomic E-state index is 10.8. The molecule has 0 aromatic heterocycles. The molecule has 1 unspecified atom stereocenters. The molecule has 0 bridgehead atoms. The van der Waals surface area contributed by atoms with Crippen molar-refractivity contribution < 1.29 is 32.2 Å². The molecule has 3 N–H and O–H groups in total. The van der Waals surface area contributed by atoms with E-state index in [1.165, 1.54) is 57.8 Å². The van der Waals surface area contributed by atoms with Crippen LogP contribution in [-0.4, -0.2) is 41.4 Å². The van der Waals surface area contributed by atoms with Crippen LogP contribution in [0.2, 0.25) is 0 Å². The molecule has 0 aliphatic rings. The molecule has 0 aliphatic carbocycles. The molecule has 190 valence electrons. The number of carboxylic acid groups (broad SMARTS) is 1. The van der Waals surface area contributed by atoms with Gasteiger partial charge in [-0.1, -0.05) is 83.3 Å². The summed E-state index contributed by atoms with van der Waals surface area (Å²) >= 11 is 0. The SMILES string of the molecule is CCCCCCCC/C=C\CCCCCCCCC(O)(CCOS(=O)(=O)O)CCC(=O)O. The Kier molecular flexibility index (Phi) is 18.9. The minimum Gasteiger partial charge on any atom is -0.481 e. The molecule has 0 fully saturated rings. The van der Waals surface area contributed by atoms with E-state index in [2.05, 4.69) is 23.3 Å². The zero-order valence-electron chi connectivity index (χ0n) is 20.0. The van der Waals surface area contributed by atoms with E-state index in [0.717, 1.165) is 32.1 Å². The first-order chi connectivity index (χ1) is 15.2. The van der Waals surface area contributed by atoms with Gasteiger partial charge in [0, 0.05) is 12.8 Å². The number of hydrogen-bond donors (Lipinski definition) is 3. The second-order valence-electron chi connectivity index (χ2n) is 8.81. The summed E-state index contributed by atoms with van der Waals surface area (Å²) in [5.41, 5.74) is -1.30. The highest BCUT2D eigenvalue weighted by Crippen LogP contribution is 2.26. The Bertz CT molecular complexity index is 589. The molecule has 0 aliphatic heterocycles. The standard InChI is InChI=1S/C24H46O7S/c1-2-3-4-5-6-7-8-9-10-11-12-13-14-15-16-17-19-24(27,20-18-23(25)26)21-22-31-32(28,29)30/h9-10,27H,2-8,11-22H2,1H3,(H,25,26)(H,28,29,30)/b10-9-. The Morgan fingerprint density at radius 1 is 0.812 bits per heavy atom. The van der Waals surface area contributed by atoms with E-state index in [1.807, 2.05) is 0 Å². The van der Waals surface area contributed by atoms with Crippen molar-refractivity contribution in [3.63, 3.8) is 0 Å². The fourth-order valence-electron chi connectivity index (χ4n) is 3.75. The Labute approximate surface area is 195 Å². The van der Waals surface area contributed by atoms with Gasteiger partial charge in [0.15, 0.2) is 0 Å². The van der Waals surface area contributed by atoms with Crippen molar-refractivity contribution >= 4 is 16.4 Å². The predicted molar refractivity (Wildman–Crippen MR) is 128 cm³/mol. The lowest BCUT2D eigenvalue weighted by Crippen LogP contribution is -2.31. The van der Waals surface area contributed by atoms with Gasteiger partial charge in [0.05, 0.1) is 12.2 Å². The molecule has 0 saturated carbocycles. The number of aliphatic carboxylic acids is 1. The summed E-state index contributed by atoms with van der Waals surface area (Å²) in [6.07, 6.45) is 21.3. The number of aliphatic hydroxyl groups is 1. The van der Waals surface area contributed by atoms with Crippen molar-refractivity contribution in [3.05, 3.63) is 12.2 Å². The first-order valence-electron chi connectivity index (χ1n) is 12.4. The van der Waals surface area contributed by atoms with Crippen LogP contribution in [-0.2, 0) is 19.4 Å². The molecule has 0 radical (unpaired) electrons. The van der Waals surface area contributed by atoms with Gasteiger partial charge in [-0.3, -0.25) is 9.35 Å². The van der Waals surface area contributed by atoms with Gasteiger partial charge in [-0.15, -0.1) is 0 Å². The maximum Gasteiger partial charge on any atom is 0.397 e. The molecule has 0 aromatic carbocycles. The topological polar surface area (TPSA) is 121 Å². The average molecular weight is 479 g/mol. The lowest BCUT2D eigenvalue weighted by molar-refractivity contribution is -0.138. The van der Waals surface area contributed by atoms with Gasteiger partial charge in [0.2, 0.25) is 0 Å². The minimum atomic E-state index is -4.56. The van der Waals surface area contributed by atoms with Gasteiger partial charge >= 0.3 is 16.4 Å². The number of unbranched alkanes of at least 4 members (excludes halogenated alkanes) is 12. The fraction of sp³-hybridized carbons (Fsp3) is 0.875. The van der Waals surface area contributed by atoms with Gasteiger partial charge in [-0.25, -0.2) is 4.18 Å². The van der Waals surface area contributed by atoms with Crippen LogP contribution in [0.5, 0.6) is 0 Å². The maximum atomic E-state index is 10.8. The van der Waals surface area contributed by atoms with E-state index >= 15 is 0 Å². The minimum absolute atomic E-state index is 0.0300. The summed E-state index contributed by atoms with van der Waals surface area (Å²) in [5.74, 6) is -1.01. The van der Waals surface area contributed by atoms with Crippen LogP contribution in [0.1, 0.15) is 122 Å². The van der Waals surface area contributed by atoms with Crippen LogP contribution < -0.4 is 0 Å². The molecule has 0 amide bonds. The molecular weight excluding hydrogens is 432 g/mol. The van der Waals surface area contributed by atoms with E-state index in [1.54, 1.807) is 0 Å². The average Bonchev–Trinajstić information content (AvgIpc) is 2.71. The molecule has 0 saturated heterocycles. The van der Waals surface area contributed by atoms with Gasteiger partial charge in [-0.05, 0) is 38.5 Å². The van der Waals surface area contributed by atoms with E-state index in [0.29, 0.717) is 6.42 Å². The molecular formula is C24H46O7S. The van der Waals surface area contributed by atoms with Gasteiger partial charge < -0.3 is 10.2 Å². The summed E-state index contributed by atoms with van der Waals surface area (Å²) < 4.78 is 34.2. The van der Waals surface area contributed by atoms with Crippen LogP contribution in [0.4, 0.5) is 0 Å². The Morgan fingerprint density at radius 2 is 1.31 bits per heavy atom. The van der Waals surface area contributed by atoms with Crippen LogP contribution in [0, 0.1) is 0 Å². The predicted octanol–water partition coefficient (Wildman–Crippen LogP) is 6.22. The van der Waals surface area contributed by atoms with E-state index < -0.39 is 22.0 Å². The number of carboxylic acids is 1. The van der Waals surface area contributed by atoms with Gasteiger partial charge in [0.25, 0.3) is 0 Å². The second kappa shape index (κ2) is 19.5. The zero-order valence-corrected chi connectivity index (χ0v) is 20.8. The number of carbonyl (C=O) groups is 1. The van der Waals surface area contributed by atoms with Crippen molar-refractivity contribution in [2.24, 2.45) is 0 Å². The van der Waals surface area contributed by atoms with E-state index in [-0.39, 0.29) is 25.9 Å². The summed E-state index contributed by atoms with van der Waals surface area (Å²) in [4.78, 5) is 10.8. The normalized spacial score (nSPS) is 14.1. The number of hydrogen-bond acceptors (Lipinski definition) is 5. The Balaban J connectivity index is 3.81. The fourth-order valence-corrected chi connectivity index (χ4v) is 4.05. The Hall–Kier alpha value is -0.960. The van der Waals surface area contributed by atoms with Crippen molar-refractivity contribution in [1.82, 2.24) is 0 Å². The first kappa shape index (κ1) is 31.0. The van der Waals surface area contributed by atoms with Crippen LogP contribution in [0.3, 0.4) is 0 Å². The third kappa shape index (κ3) is 22.2. The van der Waals surface area contributed by atoms with Crippen LogP contribution in [0.25, 0.3) is 0 Å². The molecule has 32 heavy (non-hydrogen) atoms. The number of allylic oxidation sites excluding steroid dienone is 2. The highest BCUT2D eigenvalue weighted by molar-refractivity contribution is 7.80. The van der Waals surface area contributed by atoms with Crippen LogP contribution in [0.15, 0.2) is 12.2 Å². The summed E-state index contributed by atoms with van der Waals surface area (Å²) in [5, 5.41) is 19.5. The largest absolute Gasteiger partial charge is 0.481 e. The van der Waals surface area contributed by atoms with Crippen LogP contribution >= 0.6 is 0 Å². The van der Waals surface area contributed by atoms with Gasteiger partial charge in [-0.2, -0.15) is 8.42 Å². The van der Waals surface area contributed by atoms with Crippen molar-refractivity contribution in [2.75, 3.05) is 6.61 Å². The monoisotopic (exact) mass is 478 g/mol. The lowest BCUT2D eigenvalue weighted by Gasteiger charge is -2.27. The summed E-state index contributed by atoms with van der Waals surface area (Å²) in [7, 11) is -4.56. The third-order valence-corrected chi connectivity index (χ3v) is 6.22. The quantitative estimate of drug-likeness (QED) is 0.0905. The highest BCUT2D eigenvalue weighted by atomic mass is 32.3.